The number of ether oxygens (including phenoxy) is 1. The molecule has 0 fully saturated rings. The van der Waals surface area contributed by atoms with Crippen molar-refractivity contribution in [3.63, 3.8) is 0 Å². The molecule has 1 aromatic carbocycles. The number of hydrazine groups is 1. The highest BCUT2D eigenvalue weighted by atomic mass is 32.2. The maximum Gasteiger partial charge on any atom is 0.237 e. The molecule has 106 valence electrons. The first-order valence-electron chi connectivity index (χ1n) is 5.94. The summed E-state index contributed by atoms with van der Waals surface area (Å²) in [5.74, 6) is 6.38. The first kappa shape index (κ1) is 14.7. The Morgan fingerprint density at radius 3 is 2.65 bits per heavy atom. The second kappa shape index (κ2) is 7.18. The first-order chi connectivity index (χ1) is 9.74. The average molecular weight is 294 g/mol. The van der Waals surface area contributed by atoms with Gasteiger partial charge in [-0.2, -0.15) is 0 Å². The minimum Gasteiger partial charge on any atom is -0.480 e. The Bertz CT molecular complexity index is 552. The van der Waals surface area contributed by atoms with E-state index in [9.17, 15) is 4.39 Å². The maximum atomic E-state index is 12.8. The molecule has 1 atom stereocenters. The molecule has 1 unspecified atom stereocenters. The van der Waals surface area contributed by atoms with Crippen molar-refractivity contribution < 1.29 is 9.13 Å². The number of methoxy groups -OCH3 is 1. The van der Waals surface area contributed by atoms with E-state index < -0.39 is 0 Å². The fraction of sp³-hybridized carbons (Fsp3) is 0.231. The maximum absolute atomic E-state index is 12.8. The number of hydrogen-bond acceptors (Lipinski definition) is 6. The van der Waals surface area contributed by atoms with Gasteiger partial charge in [0, 0.05) is 23.0 Å². The van der Waals surface area contributed by atoms with Gasteiger partial charge in [0.25, 0.3) is 0 Å². The van der Waals surface area contributed by atoms with E-state index in [4.69, 9.17) is 10.6 Å². The average Bonchev–Trinajstić information content (AvgIpc) is 2.50. The predicted octanol–water partition coefficient (Wildman–Crippen LogP) is 1.92. The minimum atomic E-state index is -0.251. The number of thioether (sulfide) groups is 1. The monoisotopic (exact) mass is 294 g/mol. The largest absolute Gasteiger partial charge is 0.480 e. The van der Waals surface area contributed by atoms with Gasteiger partial charge in [-0.05, 0) is 24.3 Å². The number of benzene rings is 1. The van der Waals surface area contributed by atoms with Gasteiger partial charge in [0.05, 0.1) is 13.2 Å². The molecule has 0 amide bonds. The number of hydrogen-bond donors (Lipinski definition) is 2. The quantitative estimate of drug-likeness (QED) is 0.482. The number of nitrogens with one attached hydrogen (secondary N) is 1. The van der Waals surface area contributed by atoms with Crippen LogP contribution in [0.2, 0.25) is 0 Å². The predicted molar refractivity (Wildman–Crippen MR) is 75.8 cm³/mol. The van der Waals surface area contributed by atoms with Gasteiger partial charge in [-0.15, -0.1) is 11.8 Å². The van der Waals surface area contributed by atoms with E-state index in [1.165, 1.54) is 19.2 Å². The third-order valence-electron chi connectivity index (χ3n) is 2.65. The van der Waals surface area contributed by atoms with E-state index in [1.807, 2.05) is 0 Å². The third kappa shape index (κ3) is 3.66. The zero-order chi connectivity index (χ0) is 14.4. The van der Waals surface area contributed by atoms with Crippen molar-refractivity contribution in [3.05, 3.63) is 48.2 Å². The second-order valence-electron chi connectivity index (χ2n) is 3.94. The van der Waals surface area contributed by atoms with Crippen LogP contribution >= 0.6 is 11.8 Å². The highest BCUT2D eigenvalue weighted by Crippen LogP contribution is 2.26. The van der Waals surface area contributed by atoms with Gasteiger partial charge in [0.1, 0.15) is 11.5 Å². The molecule has 3 N–H and O–H groups in total. The number of aromatic nitrogens is 2. The molecule has 2 rings (SSSR count). The zero-order valence-corrected chi connectivity index (χ0v) is 11.7. The molecule has 0 saturated heterocycles. The molecule has 20 heavy (non-hydrogen) atoms. The number of halogens is 1. The topological polar surface area (TPSA) is 73.1 Å². The molecule has 2 aromatic rings. The Kier molecular flexibility index (Phi) is 5.28. The van der Waals surface area contributed by atoms with Crippen LogP contribution in [0, 0.1) is 5.82 Å². The highest BCUT2D eigenvalue weighted by molar-refractivity contribution is 7.99. The van der Waals surface area contributed by atoms with Crippen molar-refractivity contribution >= 4 is 11.8 Å². The van der Waals surface area contributed by atoms with Gasteiger partial charge < -0.3 is 4.74 Å². The lowest BCUT2D eigenvalue weighted by Gasteiger charge is -2.16. The number of nitrogens with two attached hydrogens (primary N) is 1. The summed E-state index contributed by atoms with van der Waals surface area (Å²) < 4.78 is 18.0. The lowest BCUT2D eigenvalue weighted by atomic mass is 10.2. The van der Waals surface area contributed by atoms with E-state index in [0.717, 1.165) is 4.90 Å². The van der Waals surface area contributed by atoms with Crippen molar-refractivity contribution in [1.29, 1.82) is 0 Å². The molecule has 0 spiro atoms. The molecule has 0 aliphatic carbocycles. The van der Waals surface area contributed by atoms with Crippen molar-refractivity contribution in [2.75, 3.05) is 12.9 Å². The van der Waals surface area contributed by atoms with Gasteiger partial charge in [0.2, 0.25) is 5.88 Å². The molecular formula is C13H15FN4OS. The molecule has 0 bridgehead atoms. The second-order valence-corrected chi connectivity index (χ2v) is 5.03. The zero-order valence-electron chi connectivity index (χ0n) is 10.9. The first-order valence-corrected chi connectivity index (χ1v) is 6.92. The van der Waals surface area contributed by atoms with Crippen molar-refractivity contribution in [2.45, 2.75) is 10.9 Å². The van der Waals surface area contributed by atoms with Gasteiger partial charge in [-0.25, -0.2) is 9.37 Å². The van der Waals surface area contributed by atoms with E-state index >= 15 is 0 Å². The molecule has 1 heterocycles. The molecule has 1 aromatic heterocycles. The van der Waals surface area contributed by atoms with Crippen LogP contribution in [-0.2, 0) is 0 Å². The summed E-state index contributed by atoms with van der Waals surface area (Å²) in [7, 11) is 1.54. The number of rotatable bonds is 6. The summed E-state index contributed by atoms with van der Waals surface area (Å²) in [5, 5.41) is 0. The SMILES string of the molecule is COc1nccnc1C(CSc1ccc(F)cc1)NN. The summed E-state index contributed by atoms with van der Waals surface area (Å²) in [6.45, 7) is 0. The number of nitrogens with zero attached hydrogens (tertiary/aromatic N) is 2. The van der Waals surface area contributed by atoms with E-state index in [-0.39, 0.29) is 11.9 Å². The van der Waals surface area contributed by atoms with Gasteiger partial charge in [-0.1, -0.05) is 0 Å². The lowest BCUT2D eigenvalue weighted by Crippen LogP contribution is -2.30. The van der Waals surface area contributed by atoms with Crippen molar-refractivity contribution in [1.82, 2.24) is 15.4 Å². The van der Waals surface area contributed by atoms with E-state index in [1.54, 1.807) is 36.3 Å². The van der Waals surface area contributed by atoms with Gasteiger partial charge in [0.15, 0.2) is 0 Å². The van der Waals surface area contributed by atoms with Crippen molar-refractivity contribution in [3.8, 4) is 5.88 Å². The normalized spacial score (nSPS) is 12.2. The van der Waals surface area contributed by atoms with Crippen LogP contribution in [0.4, 0.5) is 4.39 Å². The third-order valence-corrected chi connectivity index (χ3v) is 3.75. The summed E-state index contributed by atoms with van der Waals surface area (Å²) in [4.78, 5) is 9.29. The van der Waals surface area contributed by atoms with Crippen molar-refractivity contribution in [2.24, 2.45) is 5.84 Å². The molecule has 0 saturated carbocycles. The molecule has 0 radical (unpaired) electrons. The highest BCUT2D eigenvalue weighted by Gasteiger charge is 2.17. The van der Waals surface area contributed by atoms with Crippen LogP contribution in [-0.4, -0.2) is 22.8 Å². The lowest BCUT2D eigenvalue weighted by molar-refractivity contribution is 0.381. The van der Waals surface area contributed by atoms with E-state index in [0.29, 0.717) is 17.3 Å². The summed E-state index contributed by atoms with van der Waals surface area (Å²) in [6, 6.07) is 6.09. The summed E-state index contributed by atoms with van der Waals surface area (Å²) in [6.07, 6.45) is 3.15. The fourth-order valence-electron chi connectivity index (χ4n) is 1.65. The Balaban J connectivity index is 2.07. The van der Waals surface area contributed by atoms with E-state index in [2.05, 4.69) is 15.4 Å². The molecule has 7 heteroatoms. The Hall–Kier alpha value is -1.70. The standard InChI is InChI=1S/C13H15FN4OS/c1-19-13-12(16-6-7-17-13)11(18-15)8-20-10-4-2-9(14)3-5-10/h2-7,11,18H,8,15H2,1H3. The van der Waals surface area contributed by atoms with Crippen LogP contribution in [0.1, 0.15) is 11.7 Å². The Morgan fingerprint density at radius 2 is 2.00 bits per heavy atom. The van der Waals surface area contributed by atoms with Crippen LogP contribution in [0.3, 0.4) is 0 Å². The van der Waals surface area contributed by atoms with Gasteiger partial charge >= 0.3 is 0 Å². The van der Waals surface area contributed by atoms with Crippen LogP contribution < -0.4 is 16.0 Å². The molecule has 0 aliphatic rings. The van der Waals surface area contributed by atoms with Gasteiger partial charge in [-0.3, -0.25) is 16.3 Å². The smallest absolute Gasteiger partial charge is 0.237 e. The Morgan fingerprint density at radius 1 is 1.30 bits per heavy atom. The van der Waals surface area contributed by atoms with Crippen LogP contribution in [0.25, 0.3) is 0 Å². The summed E-state index contributed by atoms with van der Waals surface area (Å²) in [5.41, 5.74) is 3.34. The summed E-state index contributed by atoms with van der Waals surface area (Å²) >= 11 is 1.54. The molecule has 5 nitrogen and oxygen atoms in total. The molecular weight excluding hydrogens is 279 g/mol. The molecule has 0 aliphatic heterocycles. The van der Waals surface area contributed by atoms with Crippen LogP contribution in [0.15, 0.2) is 41.6 Å². The minimum absolute atomic E-state index is 0.214. The Labute approximate surface area is 120 Å². The fourth-order valence-corrected chi connectivity index (χ4v) is 2.59. The van der Waals surface area contributed by atoms with Crippen LogP contribution in [0.5, 0.6) is 5.88 Å².